The fourth-order valence-corrected chi connectivity index (χ4v) is 4.33. The van der Waals surface area contributed by atoms with Crippen molar-refractivity contribution < 1.29 is 18.0 Å². The van der Waals surface area contributed by atoms with E-state index in [0.29, 0.717) is 19.6 Å². The number of anilines is 1. The van der Waals surface area contributed by atoms with Gasteiger partial charge in [0, 0.05) is 38.9 Å². The van der Waals surface area contributed by atoms with Crippen LogP contribution in [0.4, 0.5) is 18.9 Å². The Hall–Kier alpha value is -1.81. The van der Waals surface area contributed by atoms with E-state index in [-0.39, 0.29) is 23.7 Å². The van der Waals surface area contributed by atoms with Crippen molar-refractivity contribution in [1.29, 1.82) is 0 Å². The third-order valence-electron chi connectivity index (χ3n) is 5.42. The molecule has 6 nitrogen and oxygen atoms in total. The molecule has 0 spiro atoms. The van der Waals surface area contributed by atoms with Crippen LogP contribution < -0.4 is 15.9 Å². The first-order chi connectivity index (χ1) is 13.2. The van der Waals surface area contributed by atoms with Crippen molar-refractivity contribution in [2.75, 3.05) is 31.7 Å². The number of carbonyl (C=O) groups excluding carboxylic acids is 1. The SMILES string of the molecule is CN1CC(N2CCC3NN(c4ccccc4C(F)(F)F)C=C3C2)C(Cl)C(=O)N1. The Morgan fingerprint density at radius 1 is 1.25 bits per heavy atom. The number of fused-ring (bicyclic) bond motifs is 1. The van der Waals surface area contributed by atoms with E-state index in [1.807, 2.05) is 0 Å². The van der Waals surface area contributed by atoms with E-state index < -0.39 is 17.1 Å². The van der Waals surface area contributed by atoms with Gasteiger partial charge in [0.15, 0.2) is 0 Å². The molecule has 3 aliphatic heterocycles. The molecule has 152 valence electrons. The average molecular weight is 416 g/mol. The highest BCUT2D eigenvalue weighted by atomic mass is 35.5. The molecule has 28 heavy (non-hydrogen) atoms. The maximum atomic E-state index is 13.4. The maximum Gasteiger partial charge on any atom is 0.418 e. The number of nitrogens with zero attached hydrogens (tertiary/aromatic N) is 3. The van der Waals surface area contributed by atoms with E-state index in [1.165, 1.54) is 17.1 Å². The van der Waals surface area contributed by atoms with Gasteiger partial charge in [0.2, 0.25) is 0 Å². The molecule has 0 bridgehead atoms. The molecule has 0 aromatic heterocycles. The van der Waals surface area contributed by atoms with E-state index in [1.54, 1.807) is 24.3 Å². The standard InChI is InChI=1S/C18H21ClF3N5O/c1-25-10-15(16(19)17(28)24-25)26-7-6-13-11(8-26)9-27(23-13)14-5-3-2-4-12(14)18(20,21)22/h2-5,9,13,15-16,23H,6-8,10H2,1H3,(H,24,28). The smallest absolute Gasteiger partial charge is 0.293 e. The molecule has 0 radical (unpaired) electrons. The molecular weight excluding hydrogens is 395 g/mol. The Kier molecular flexibility index (Phi) is 5.03. The zero-order valence-corrected chi connectivity index (χ0v) is 16.0. The summed E-state index contributed by atoms with van der Waals surface area (Å²) in [5.74, 6) is -0.234. The Morgan fingerprint density at radius 3 is 2.75 bits per heavy atom. The minimum atomic E-state index is -4.43. The van der Waals surface area contributed by atoms with Gasteiger partial charge in [0.1, 0.15) is 5.38 Å². The fourth-order valence-electron chi connectivity index (χ4n) is 4.04. The number of rotatable bonds is 2. The molecule has 0 aliphatic carbocycles. The van der Waals surface area contributed by atoms with Gasteiger partial charge in [-0.25, -0.2) is 10.4 Å². The lowest BCUT2D eigenvalue weighted by molar-refractivity contribution is -0.137. The number of benzene rings is 1. The van der Waals surface area contributed by atoms with Crippen molar-refractivity contribution in [2.45, 2.75) is 30.1 Å². The van der Waals surface area contributed by atoms with Crippen LogP contribution in [0.3, 0.4) is 0 Å². The second-order valence-electron chi connectivity index (χ2n) is 7.36. The number of amides is 1. The summed E-state index contributed by atoms with van der Waals surface area (Å²) in [5, 5.41) is 2.51. The normalized spacial score (nSPS) is 29.5. The molecule has 3 heterocycles. The topological polar surface area (TPSA) is 50.9 Å². The van der Waals surface area contributed by atoms with Gasteiger partial charge in [0.25, 0.3) is 5.91 Å². The molecule has 4 rings (SSSR count). The summed E-state index contributed by atoms with van der Waals surface area (Å²) in [7, 11) is 1.78. The van der Waals surface area contributed by atoms with Crippen LogP contribution in [0.2, 0.25) is 0 Å². The number of piperidine rings is 1. The zero-order valence-electron chi connectivity index (χ0n) is 15.2. The quantitative estimate of drug-likeness (QED) is 0.723. The number of nitrogens with one attached hydrogen (secondary N) is 2. The summed E-state index contributed by atoms with van der Waals surface area (Å²) in [4.78, 5) is 14.1. The van der Waals surface area contributed by atoms with Crippen LogP contribution in [-0.2, 0) is 11.0 Å². The molecular formula is C18H21ClF3N5O. The van der Waals surface area contributed by atoms with Crippen molar-refractivity contribution >= 4 is 23.2 Å². The highest BCUT2D eigenvalue weighted by Crippen LogP contribution is 2.38. The van der Waals surface area contributed by atoms with Crippen LogP contribution in [0.1, 0.15) is 12.0 Å². The Morgan fingerprint density at radius 2 is 2.00 bits per heavy atom. The van der Waals surface area contributed by atoms with Crippen LogP contribution in [0.5, 0.6) is 0 Å². The summed E-state index contributed by atoms with van der Waals surface area (Å²) in [6.07, 6.45) is -1.97. The number of carbonyl (C=O) groups is 1. The van der Waals surface area contributed by atoms with E-state index in [9.17, 15) is 18.0 Å². The number of likely N-dealkylation sites (N-methyl/N-ethyl adjacent to an activating group) is 1. The molecule has 1 aromatic rings. The van der Waals surface area contributed by atoms with E-state index >= 15 is 0 Å². The molecule has 2 N–H and O–H groups in total. The number of hydrogen-bond donors (Lipinski definition) is 2. The molecule has 1 aromatic carbocycles. The second-order valence-corrected chi connectivity index (χ2v) is 7.83. The van der Waals surface area contributed by atoms with E-state index in [0.717, 1.165) is 18.1 Å². The zero-order chi connectivity index (χ0) is 20.1. The Labute approximate surface area is 165 Å². The van der Waals surface area contributed by atoms with Gasteiger partial charge >= 0.3 is 6.18 Å². The first kappa shape index (κ1) is 19.5. The van der Waals surface area contributed by atoms with Gasteiger partial charge in [-0.2, -0.15) is 13.2 Å². The minimum absolute atomic E-state index is 0.0264. The Balaban J connectivity index is 1.54. The lowest BCUT2D eigenvalue weighted by atomic mass is 9.97. The number of alkyl halides is 4. The number of hydrazine groups is 2. The minimum Gasteiger partial charge on any atom is -0.293 e. The number of para-hydroxylation sites is 1. The van der Waals surface area contributed by atoms with Crippen LogP contribution in [0.15, 0.2) is 36.0 Å². The average Bonchev–Trinajstić information content (AvgIpc) is 3.07. The molecule has 10 heteroatoms. The summed E-state index contributed by atoms with van der Waals surface area (Å²) in [5.41, 5.74) is 6.24. The first-order valence-corrected chi connectivity index (χ1v) is 9.49. The number of halogens is 4. The molecule has 0 saturated carbocycles. The van der Waals surface area contributed by atoms with Crippen LogP contribution in [0, 0.1) is 0 Å². The van der Waals surface area contributed by atoms with Crippen molar-refractivity contribution in [1.82, 2.24) is 20.8 Å². The van der Waals surface area contributed by atoms with Gasteiger partial charge in [-0.05, 0) is 24.1 Å². The molecule has 2 saturated heterocycles. The van der Waals surface area contributed by atoms with Gasteiger partial charge in [-0.3, -0.25) is 20.1 Å². The molecule has 3 aliphatic rings. The van der Waals surface area contributed by atoms with E-state index in [2.05, 4.69) is 15.8 Å². The van der Waals surface area contributed by atoms with Crippen molar-refractivity contribution in [3.05, 3.63) is 41.6 Å². The predicted octanol–water partition coefficient (Wildman–Crippen LogP) is 1.94. The van der Waals surface area contributed by atoms with Crippen LogP contribution in [0.25, 0.3) is 0 Å². The van der Waals surface area contributed by atoms with Gasteiger partial charge < -0.3 is 0 Å². The van der Waals surface area contributed by atoms with Crippen molar-refractivity contribution in [3.8, 4) is 0 Å². The molecule has 1 amide bonds. The van der Waals surface area contributed by atoms with Gasteiger partial charge in [-0.15, -0.1) is 11.6 Å². The fraction of sp³-hybridized carbons (Fsp3) is 0.500. The number of hydrogen-bond acceptors (Lipinski definition) is 5. The monoisotopic (exact) mass is 415 g/mol. The highest BCUT2D eigenvalue weighted by Gasteiger charge is 2.41. The molecule has 2 fully saturated rings. The summed E-state index contributed by atoms with van der Waals surface area (Å²) in [6, 6.07) is 5.33. The number of likely N-dealkylation sites (tertiary alicyclic amines) is 1. The van der Waals surface area contributed by atoms with Crippen LogP contribution >= 0.6 is 11.6 Å². The summed E-state index contributed by atoms with van der Waals surface area (Å²) in [6.45, 7) is 1.85. The predicted molar refractivity (Wildman–Crippen MR) is 99.3 cm³/mol. The second kappa shape index (κ2) is 7.22. The molecule has 3 atom stereocenters. The summed E-state index contributed by atoms with van der Waals surface area (Å²) >= 11 is 6.32. The van der Waals surface area contributed by atoms with Crippen molar-refractivity contribution in [2.24, 2.45) is 0 Å². The molecule has 3 unspecified atom stereocenters. The Bertz CT molecular complexity index is 802. The first-order valence-electron chi connectivity index (χ1n) is 9.06. The third kappa shape index (κ3) is 3.59. The van der Waals surface area contributed by atoms with E-state index in [4.69, 9.17) is 11.6 Å². The van der Waals surface area contributed by atoms with Crippen molar-refractivity contribution in [3.63, 3.8) is 0 Å². The lowest BCUT2D eigenvalue weighted by Gasteiger charge is -2.43. The van der Waals surface area contributed by atoms with Crippen LogP contribution in [-0.4, -0.2) is 60.0 Å². The largest absolute Gasteiger partial charge is 0.418 e. The maximum absolute atomic E-state index is 13.4. The lowest BCUT2D eigenvalue weighted by Crippen LogP contribution is -2.63. The van der Waals surface area contributed by atoms with Gasteiger partial charge in [0.05, 0.1) is 17.3 Å². The third-order valence-corrected chi connectivity index (χ3v) is 5.91. The summed E-state index contributed by atoms with van der Waals surface area (Å²) < 4.78 is 40.1. The highest BCUT2D eigenvalue weighted by molar-refractivity contribution is 6.31. The van der Waals surface area contributed by atoms with Gasteiger partial charge in [-0.1, -0.05) is 12.1 Å².